The summed E-state index contributed by atoms with van der Waals surface area (Å²) in [7, 11) is 0. The first-order valence-corrected chi connectivity index (χ1v) is 10.5. The minimum atomic E-state index is -0.540. The number of fused-ring (bicyclic) bond motifs is 1. The predicted molar refractivity (Wildman–Crippen MR) is 118 cm³/mol. The largest absolute Gasteiger partial charge is 0.444 e. The van der Waals surface area contributed by atoms with Gasteiger partial charge in [-0.15, -0.1) is 0 Å². The number of aromatic nitrogens is 1. The van der Waals surface area contributed by atoms with E-state index < -0.39 is 11.7 Å². The Labute approximate surface area is 174 Å². The number of nitrogens with zero attached hydrogens (tertiary/aromatic N) is 2. The molecule has 0 aliphatic carbocycles. The van der Waals surface area contributed by atoms with Crippen molar-refractivity contribution in [2.24, 2.45) is 0 Å². The van der Waals surface area contributed by atoms with E-state index in [1.54, 1.807) is 0 Å². The average Bonchev–Trinajstić information content (AvgIpc) is 3.08. The van der Waals surface area contributed by atoms with E-state index in [9.17, 15) is 4.79 Å². The molecule has 0 bridgehead atoms. The molecular weight excluding hydrogens is 386 g/mol. The van der Waals surface area contributed by atoms with Crippen LogP contribution in [0.1, 0.15) is 20.8 Å². The van der Waals surface area contributed by atoms with Gasteiger partial charge in [-0.1, -0.05) is 29.5 Å². The molecule has 6 nitrogen and oxygen atoms in total. The zero-order valence-corrected chi connectivity index (χ0v) is 17.7. The first kappa shape index (κ1) is 19.7. The van der Waals surface area contributed by atoms with E-state index in [4.69, 9.17) is 9.47 Å². The third-order valence-electron chi connectivity index (χ3n) is 4.57. The van der Waals surface area contributed by atoms with Crippen molar-refractivity contribution in [1.29, 1.82) is 0 Å². The minimum Gasteiger partial charge on any atom is -0.444 e. The average molecular weight is 412 g/mol. The van der Waals surface area contributed by atoms with E-state index in [-0.39, 0.29) is 0 Å². The van der Waals surface area contributed by atoms with E-state index >= 15 is 0 Å². The molecule has 2 heterocycles. The Hall–Kier alpha value is -2.64. The number of amides is 1. The number of carbonyl (C=O) groups excluding carboxylic acids is 1. The highest BCUT2D eigenvalue weighted by Gasteiger charge is 2.17. The topological polar surface area (TPSA) is 63.7 Å². The summed E-state index contributed by atoms with van der Waals surface area (Å²) in [5.74, 6) is 0. The Morgan fingerprint density at radius 1 is 1.10 bits per heavy atom. The molecule has 1 aromatic heterocycles. The zero-order valence-electron chi connectivity index (χ0n) is 16.9. The maximum atomic E-state index is 12.0. The molecule has 1 aliphatic rings. The predicted octanol–water partition coefficient (Wildman–Crippen LogP) is 5.15. The zero-order chi connectivity index (χ0) is 20.4. The van der Waals surface area contributed by atoms with E-state index in [2.05, 4.69) is 51.6 Å². The molecule has 4 rings (SSSR count). The summed E-state index contributed by atoms with van der Waals surface area (Å²) in [5, 5.41) is 3.26. The molecule has 1 aliphatic heterocycles. The second kappa shape index (κ2) is 8.00. The van der Waals surface area contributed by atoms with Gasteiger partial charge in [-0.25, -0.2) is 9.78 Å². The highest BCUT2D eigenvalue weighted by Crippen LogP contribution is 2.31. The summed E-state index contributed by atoms with van der Waals surface area (Å²) >= 11 is 1.44. The lowest BCUT2D eigenvalue weighted by atomic mass is 10.0. The Kier molecular flexibility index (Phi) is 5.43. The van der Waals surface area contributed by atoms with Crippen molar-refractivity contribution >= 4 is 38.5 Å². The molecule has 1 amide bonds. The standard InChI is InChI=1S/C22H25N3O3S/c1-22(2,3)28-21(26)24-20-23-18-9-6-16(14-19(18)29-20)15-4-7-17(8-5-15)25-10-12-27-13-11-25/h4-9,14H,10-13H2,1-3H3,(H,23,24,26). The number of thiazole rings is 1. The fourth-order valence-corrected chi connectivity index (χ4v) is 4.13. The molecule has 1 fully saturated rings. The van der Waals surface area contributed by atoms with Crippen molar-refractivity contribution < 1.29 is 14.3 Å². The second-order valence-electron chi connectivity index (χ2n) is 7.97. The van der Waals surface area contributed by atoms with Gasteiger partial charge in [0.25, 0.3) is 0 Å². The first-order chi connectivity index (χ1) is 13.9. The molecular formula is C22H25N3O3S. The lowest BCUT2D eigenvalue weighted by molar-refractivity contribution is 0.0636. The fraction of sp³-hybridized carbons (Fsp3) is 0.364. The van der Waals surface area contributed by atoms with Crippen molar-refractivity contribution in [3.63, 3.8) is 0 Å². The van der Waals surface area contributed by atoms with Gasteiger partial charge in [-0.2, -0.15) is 0 Å². The summed E-state index contributed by atoms with van der Waals surface area (Å²) in [6.45, 7) is 8.93. The first-order valence-electron chi connectivity index (χ1n) is 9.71. The van der Waals surface area contributed by atoms with Gasteiger partial charge in [0.15, 0.2) is 5.13 Å². The number of hydrogen-bond donors (Lipinski definition) is 1. The van der Waals surface area contributed by atoms with E-state index in [1.165, 1.54) is 17.0 Å². The summed E-state index contributed by atoms with van der Waals surface area (Å²) in [6, 6.07) is 14.8. The number of anilines is 2. The number of hydrogen-bond acceptors (Lipinski definition) is 6. The maximum absolute atomic E-state index is 12.0. The number of carbonyl (C=O) groups is 1. The molecule has 0 unspecified atom stereocenters. The van der Waals surface area contributed by atoms with Crippen LogP contribution in [-0.4, -0.2) is 43.0 Å². The molecule has 0 saturated carbocycles. The van der Waals surface area contributed by atoms with Gasteiger partial charge in [-0.05, 0) is 56.2 Å². The fourth-order valence-electron chi connectivity index (χ4n) is 3.23. The number of benzene rings is 2. The molecule has 0 radical (unpaired) electrons. The number of nitrogens with one attached hydrogen (secondary N) is 1. The van der Waals surface area contributed by atoms with Gasteiger partial charge >= 0.3 is 6.09 Å². The van der Waals surface area contributed by atoms with Gasteiger partial charge in [0.1, 0.15) is 5.60 Å². The third-order valence-corrected chi connectivity index (χ3v) is 5.51. The Balaban J connectivity index is 1.50. The van der Waals surface area contributed by atoms with Crippen LogP contribution in [0.15, 0.2) is 42.5 Å². The van der Waals surface area contributed by atoms with E-state index in [0.29, 0.717) is 5.13 Å². The quantitative estimate of drug-likeness (QED) is 0.646. The second-order valence-corrected chi connectivity index (χ2v) is 9.01. The van der Waals surface area contributed by atoms with Crippen molar-refractivity contribution in [3.05, 3.63) is 42.5 Å². The van der Waals surface area contributed by atoms with Crippen LogP contribution in [0.3, 0.4) is 0 Å². The Morgan fingerprint density at radius 3 is 2.48 bits per heavy atom. The Bertz CT molecular complexity index is 1000. The molecule has 0 spiro atoms. The van der Waals surface area contributed by atoms with E-state index in [1.807, 2.05) is 26.8 Å². The molecule has 7 heteroatoms. The number of morpholine rings is 1. The minimum absolute atomic E-state index is 0.490. The molecule has 2 aromatic carbocycles. The Morgan fingerprint density at radius 2 is 1.79 bits per heavy atom. The van der Waals surface area contributed by atoms with Crippen molar-refractivity contribution in [1.82, 2.24) is 4.98 Å². The summed E-state index contributed by atoms with van der Waals surface area (Å²) in [4.78, 5) is 18.8. The number of ether oxygens (including phenoxy) is 2. The summed E-state index contributed by atoms with van der Waals surface area (Å²) in [6.07, 6.45) is -0.490. The van der Waals surface area contributed by atoms with Gasteiger partial charge in [0.2, 0.25) is 0 Å². The summed E-state index contributed by atoms with van der Waals surface area (Å²) in [5.41, 5.74) is 3.81. The normalized spacial score (nSPS) is 14.8. The van der Waals surface area contributed by atoms with Crippen LogP contribution in [-0.2, 0) is 9.47 Å². The molecule has 29 heavy (non-hydrogen) atoms. The molecule has 0 atom stereocenters. The van der Waals surface area contributed by atoms with Crippen LogP contribution in [0.4, 0.5) is 15.6 Å². The van der Waals surface area contributed by atoms with Crippen LogP contribution >= 0.6 is 11.3 Å². The van der Waals surface area contributed by atoms with Gasteiger partial charge in [0, 0.05) is 18.8 Å². The molecule has 1 saturated heterocycles. The molecule has 1 N–H and O–H groups in total. The molecule has 3 aromatic rings. The van der Waals surface area contributed by atoms with Gasteiger partial charge in [-0.3, -0.25) is 5.32 Å². The van der Waals surface area contributed by atoms with Crippen LogP contribution in [0.2, 0.25) is 0 Å². The highest BCUT2D eigenvalue weighted by atomic mass is 32.1. The molecule has 152 valence electrons. The van der Waals surface area contributed by atoms with Crippen LogP contribution in [0.5, 0.6) is 0 Å². The van der Waals surface area contributed by atoms with Crippen molar-refractivity contribution in [3.8, 4) is 11.1 Å². The van der Waals surface area contributed by atoms with Gasteiger partial charge in [0.05, 0.1) is 23.4 Å². The third kappa shape index (κ3) is 4.86. The number of rotatable bonds is 3. The van der Waals surface area contributed by atoms with Crippen LogP contribution in [0, 0.1) is 0 Å². The smallest absolute Gasteiger partial charge is 0.413 e. The van der Waals surface area contributed by atoms with Crippen molar-refractivity contribution in [2.75, 3.05) is 36.5 Å². The highest BCUT2D eigenvalue weighted by molar-refractivity contribution is 7.22. The maximum Gasteiger partial charge on any atom is 0.413 e. The van der Waals surface area contributed by atoms with Crippen LogP contribution < -0.4 is 10.2 Å². The van der Waals surface area contributed by atoms with Crippen LogP contribution in [0.25, 0.3) is 21.3 Å². The lowest BCUT2D eigenvalue weighted by Gasteiger charge is -2.28. The monoisotopic (exact) mass is 411 g/mol. The van der Waals surface area contributed by atoms with Gasteiger partial charge < -0.3 is 14.4 Å². The van der Waals surface area contributed by atoms with Crippen molar-refractivity contribution in [2.45, 2.75) is 26.4 Å². The van der Waals surface area contributed by atoms with E-state index in [0.717, 1.165) is 47.6 Å². The summed E-state index contributed by atoms with van der Waals surface area (Å²) < 4.78 is 11.7. The SMILES string of the molecule is CC(C)(C)OC(=O)Nc1nc2ccc(-c3ccc(N4CCOCC4)cc3)cc2s1. The lowest BCUT2D eigenvalue weighted by Crippen LogP contribution is -2.36.